The lowest BCUT2D eigenvalue weighted by atomic mass is 9.98. The molecular formula is C33H36N4O4. The minimum absolute atomic E-state index is 0.0452. The fourth-order valence-electron chi connectivity index (χ4n) is 5.30. The van der Waals surface area contributed by atoms with Gasteiger partial charge in [-0.1, -0.05) is 30.3 Å². The van der Waals surface area contributed by atoms with Crippen LogP contribution in [0.25, 0.3) is 10.9 Å². The summed E-state index contributed by atoms with van der Waals surface area (Å²) < 4.78 is 4.91. The highest BCUT2D eigenvalue weighted by atomic mass is 16.5. The van der Waals surface area contributed by atoms with Gasteiger partial charge in [0.25, 0.3) is 0 Å². The molecule has 1 aliphatic heterocycles. The number of carbonyl (C=O) groups excluding carboxylic acids is 2. The smallest absolute Gasteiger partial charge is 0.338 e. The van der Waals surface area contributed by atoms with E-state index in [1.54, 1.807) is 6.07 Å². The molecule has 3 aromatic carbocycles. The van der Waals surface area contributed by atoms with Gasteiger partial charge < -0.3 is 24.6 Å². The highest BCUT2D eigenvalue weighted by Crippen LogP contribution is 2.33. The lowest BCUT2D eigenvalue weighted by Crippen LogP contribution is -2.44. The first-order valence-electron chi connectivity index (χ1n) is 14.0. The standard InChI is InChI=1S/C33H36N4O4/c1-22-20-27-28(21-26(22)33(40)41-3)35-32(39)30(27)31(24-8-5-4-6-9-24)34-25-13-11-23(12-14-25)29(38)10-7-15-37-18-16-36(2)17-19-37/h4-6,8-9,11-14,20-21,35,39H,7,10,15-19H2,1-3H3. The number of methoxy groups -OCH3 is 1. The van der Waals surface area contributed by atoms with Gasteiger partial charge in [-0.25, -0.2) is 9.79 Å². The molecule has 2 N–H and O–H groups in total. The van der Waals surface area contributed by atoms with E-state index in [1.165, 1.54) is 7.11 Å². The molecule has 5 rings (SSSR count). The number of ether oxygens (including phenoxy) is 1. The second-order valence-electron chi connectivity index (χ2n) is 10.6. The summed E-state index contributed by atoms with van der Waals surface area (Å²) in [7, 11) is 3.49. The van der Waals surface area contributed by atoms with Gasteiger partial charge in [0.1, 0.15) is 0 Å². The van der Waals surface area contributed by atoms with Gasteiger partial charge in [0.15, 0.2) is 11.7 Å². The molecule has 4 aromatic rings. The zero-order chi connectivity index (χ0) is 28.9. The number of hydrogen-bond acceptors (Lipinski definition) is 7. The molecule has 0 atom stereocenters. The van der Waals surface area contributed by atoms with Crippen LogP contribution >= 0.6 is 0 Å². The zero-order valence-electron chi connectivity index (χ0n) is 23.8. The van der Waals surface area contributed by atoms with Crippen molar-refractivity contribution in [2.24, 2.45) is 4.99 Å². The van der Waals surface area contributed by atoms with Crippen molar-refractivity contribution in [1.82, 2.24) is 14.8 Å². The van der Waals surface area contributed by atoms with Crippen molar-refractivity contribution in [1.29, 1.82) is 0 Å². The topological polar surface area (TPSA) is 98.2 Å². The first-order valence-corrected chi connectivity index (χ1v) is 14.0. The van der Waals surface area contributed by atoms with Crippen molar-refractivity contribution >= 4 is 34.1 Å². The predicted molar refractivity (Wildman–Crippen MR) is 162 cm³/mol. The van der Waals surface area contributed by atoms with Crippen LogP contribution in [0.2, 0.25) is 0 Å². The van der Waals surface area contributed by atoms with E-state index >= 15 is 0 Å². The van der Waals surface area contributed by atoms with Crippen molar-refractivity contribution in [3.8, 4) is 5.88 Å². The number of esters is 1. The number of piperazine rings is 1. The van der Waals surface area contributed by atoms with Gasteiger partial charge in [-0.15, -0.1) is 0 Å². The molecule has 8 nitrogen and oxygen atoms in total. The summed E-state index contributed by atoms with van der Waals surface area (Å²) in [6.07, 6.45) is 1.36. The Hall–Kier alpha value is -4.27. The predicted octanol–water partition coefficient (Wildman–Crippen LogP) is 5.35. The number of benzene rings is 3. The molecule has 1 aromatic heterocycles. The van der Waals surface area contributed by atoms with Gasteiger partial charge in [-0.05, 0) is 68.9 Å². The Kier molecular flexibility index (Phi) is 8.61. The second kappa shape index (κ2) is 12.5. The summed E-state index contributed by atoms with van der Waals surface area (Å²) in [6, 6.07) is 20.5. The summed E-state index contributed by atoms with van der Waals surface area (Å²) in [5, 5.41) is 11.8. The van der Waals surface area contributed by atoms with Crippen LogP contribution in [-0.2, 0) is 4.74 Å². The average Bonchev–Trinajstić information content (AvgIpc) is 3.30. The molecule has 1 saturated heterocycles. The number of Topliss-reactive ketones (excluding diaryl/α,β-unsaturated/α-hetero) is 1. The Labute approximate surface area is 240 Å². The van der Waals surface area contributed by atoms with Crippen LogP contribution in [0, 0.1) is 6.92 Å². The number of nitrogens with one attached hydrogen (secondary N) is 1. The molecule has 0 radical (unpaired) electrons. The van der Waals surface area contributed by atoms with Crippen LogP contribution in [0.1, 0.15) is 50.2 Å². The van der Waals surface area contributed by atoms with Crippen LogP contribution < -0.4 is 0 Å². The molecule has 2 heterocycles. The second-order valence-corrected chi connectivity index (χ2v) is 10.6. The van der Waals surface area contributed by atoms with Crippen LogP contribution in [0.5, 0.6) is 5.88 Å². The van der Waals surface area contributed by atoms with Gasteiger partial charge >= 0.3 is 5.97 Å². The van der Waals surface area contributed by atoms with Gasteiger partial charge in [-0.2, -0.15) is 0 Å². The van der Waals surface area contributed by atoms with Gasteiger partial charge in [-0.3, -0.25) is 4.79 Å². The normalized spacial score (nSPS) is 14.9. The van der Waals surface area contributed by atoms with E-state index in [-0.39, 0.29) is 11.7 Å². The Morgan fingerprint density at radius 3 is 2.37 bits per heavy atom. The van der Waals surface area contributed by atoms with Crippen molar-refractivity contribution in [2.75, 3.05) is 46.9 Å². The largest absolute Gasteiger partial charge is 0.494 e. The van der Waals surface area contributed by atoms with Gasteiger partial charge in [0, 0.05) is 54.6 Å². The van der Waals surface area contributed by atoms with Crippen LogP contribution in [0.15, 0.2) is 71.7 Å². The SMILES string of the molecule is COC(=O)c1cc2[nH]c(O)c(C(=Nc3ccc(C(=O)CCCN4CCN(C)CC4)cc3)c3ccccc3)c2cc1C. The summed E-state index contributed by atoms with van der Waals surface area (Å²) in [5.41, 5.74) is 5.02. The summed E-state index contributed by atoms with van der Waals surface area (Å²) in [6.45, 7) is 7.03. The van der Waals surface area contributed by atoms with Crippen molar-refractivity contribution in [2.45, 2.75) is 19.8 Å². The zero-order valence-corrected chi connectivity index (χ0v) is 23.8. The molecule has 0 saturated carbocycles. The maximum atomic E-state index is 12.9. The van der Waals surface area contributed by atoms with E-state index in [2.05, 4.69) is 21.8 Å². The number of aromatic hydroxyl groups is 1. The highest BCUT2D eigenvalue weighted by Gasteiger charge is 2.21. The minimum Gasteiger partial charge on any atom is -0.494 e. The first kappa shape index (κ1) is 28.3. The molecule has 0 amide bonds. The Morgan fingerprint density at radius 2 is 1.68 bits per heavy atom. The Bertz CT molecular complexity index is 1570. The fourth-order valence-corrected chi connectivity index (χ4v) is 5.30. The monoisotopic (exact) mass is 552 g/mol. The van der Waals surface area contributed by atoms with E-state index in [9.17, 15) is 14.7 Å². The average molecular weight is 553 g/mol. The third-order valence-electron chi connectivity index (χ3n) is 7.72. The molecule has 1 fully saturated rings. The number of aliphatic imine (C=N–C) groups is 1. The van der Waals surface area contributed by atoms with Crippen LogP contribution in [-0.4, -0.2) is 84.2 Å². The number of hydrogen-bond donors (Lipinski definition) is 2. The molecule has 0 aliphatic carbocycles. The third kappa shape index (κ3) is 6.39. The number of carbonyl (C=O) groups is 2. The van der Waals surface area contributed by atoms with Gasteiger partial charge in [0.2, 0.25) is 0 Å². The Morgan fingerprint density at radius 1 is 0.976 bits per heavy atom. The van der Waals surface area contributed by atoms with Crippen molar-refractivity contribution < 1.29 is 19.4 Å². The summed E-state index contributed by atoms with van der Waals surface area (Å²) >= 11 is 0. The van der Waals surface area contributed by atoms with E-state index in [0.717, 1.165) is 55.7 Å². The number of rotatable bonds is 9. The van der Waals surface area contributed by atoms with E-state index in [4.69, 9.17) is 9.73 Å². The lowest BCUT2D eigenvalue weighted by Gasteiger charge is -2.32. The fraction of sp³-hybridized carbons (Fsp3) is 0.303. The molecule has 212 valence electrons. The molecule has 8 heteroatoms. The lowest BCUT2D eigenvalue weighted by molar-refractivity contribution is 0.0600. The number of H-pyrrole nitrogens is 1. The van der Waals surface area contributed by atoms with E-state index < -0.39 is 5.97 Å². The molecule has 0 bridgehead atoms. The van der Waals surface area contributed by atoms with Crippen molar-refractivity contribution in [3.63, 3.8) is 0 Å². The number of ketones is 1. The maximum absolute atomic E-state index is 12.9. The molecule has 41 heavy (non-hydrogen) atoms. The minimum atomic E-state index is -0.439. The number of aromatic amines is 1. The number of nitrogens with zero attached hydrogens (tertiary/aromatic N) is 3. The number of aromatic nitrogens is 1. The van der Waals surface area contributed by atoms with E-state index in [0.29, 0.717) is 40.0 Å². The molecular weight excluding hydrogens is 516 g/mol. The summed E-state index contributed by atoms with van der Waals surface area (Å²) in [5.74, 6) is -0.355. The Balaban J connectivity index is 1.41. The maximum Gasteiger partial charge on any atom is 0.338 e. The van der Waals surface area contributed by atoms with Crippen molar-refractivity contribution in [3.05, 3.63) is 94.5 Å². The number of likely N-dealkylation sites (N-methyl/N-ethyl adjacent to an activating group) is 1. The summed E-state index contributed by atoms with van der Waals surface area (Å²) in [4.78, 5) is 37.8. The van der Waals surface area contributed by atoms with E-state index in [1.807, 2.05) is 67.6 Å². The first-order chi connectivity index (χ1) is 19.8. The quantitative estimate of drug-likeness (QED) is 0.165. The third-order valence-corrected chi connectivity index (χ3v) is 7.72. The molecule has 0 unspecified atom stereocenters. The number of aryl methyl sites for hydroxylation is 1. The van der Waals surface area contributed by atoms with Crippen LogP contribution in [0.4, 0.5) is 5.69 Å². The van der Waals surface area contributed by atoms with Gasteiger partial charge in [0.05, 0.1) is 29.6 Å². The van der Waals surface area contributed by atoms with Crippen LogP contribution in [0.3, 0.4) is 0 Å². The molecule has 0 spiro atoms. The number of fused-ring (bicyclic) bond motifs is 1. The highest BCUT2D eigenvalue weighted by molar-refractivity contribution is 6.22. The molecule has 1 aliphatic rings.